The van der Waals surface area contributed by atoms with E-state index in [9.17, 15) is 32.7 Å². The number of para-hydroxylation sites is 1. The number of hydrogen-bond acceptors (Lipinski definition) is 7. The minimum atomic E-state index is -4.54. The maximum atomic E-state index is 14.1. The van der Waals surface area contributed by atoms with Crippen LogP contribution in [0.25, 0.3) is 10.9 Å². The molecule has 0 fully saturated rings. The molecule has 1 aromatic heterocycles. The molecule has 3 aromatic carbocycles. The first-order valence-corrected chi connectivity index (χ1v) is 14.5. The Morgan fingerprint density at radius 1 is 1.02 bits per heavy atom. The Kier molecular flexibility index (Phi) is 9.63. The molecule has 0 bridgehead atoms. The summed E-state index contributed by atoms with van der Waals surface area (Å²) < 4.78 is 42.1. The molecule has 0 aliphatic rings. The summed E-state index contributed by atoms with van der Waals surface area (Å²) in [7, 11) is -3.50. The van der Waals surface area contributed by atoms with Gasteiger partial charge in [0.05, 0.1) is 34.7 Å². The van der Waals surface area contributed by atoms with Crippen molar-refractivity contribution in [2.45, 2.75) is 30.4 Å². The molecule has 0 spiro atoms. The van der Waals surface area contributed by atoms with E-state index in [-0.39, 0.29) is 17.0 Å². The third-order valence-electron chi connectivity index (χ3n) is 6.80. The number of halogens is 1. The lowest BCUT2D eigenvalue weighted by Gasteiger charge is -2.30. The molecule has 3 N–H and O–H groups in total. The number of fused-ring (bicyclic) bond motifs is 1. The Balaban J connectivity index is 1.69. The normalized spacial score (nSPS) is 13.1. The topological polar surface area (TPSA) is 140 Å². The monoisotopic (exact) mass is 594 g/mol. The minimum Gasteiger partial charge on any atom is -0.390 e. The third kappa shape index (κ3) is 7.15. The Bertz CT molecular complexity index is 1680. The molecule has 0 radical (unpaired) electrons. The summed E-state index contributed by atoms with van der Waals surface area (Å²) >= 11 is 0. The number of hydrogen-bond donors (Lipinski definition) is 3. The van der Waals surface area contributed by atoms with Crippen molar-refractivity contribution in [1.29, 1.82) is 0 Å². The largest absolute Gasteiger partial charge is 0.390 e. The van der Waals surface area contributed by atoms with Crippen LogP contribution in [0.5, 0.6) is 0 Å². The van der Waals surface area contributed by atoms with E-state index in [4.69, 9.17) is 0 Å². The molecule has 42 heavy (non-hydrogen) atoms. The highest BCUT2D eigenvalue weighted by molar-refractivity contribution is 7.89. The summed E-state index contributed by atoms with van der Waals surface area (Å²) in [5.41, 5.74) is 1.88. The summed E-state index contributed by atoms with van der Waals surface area (Å²) in [6.45, 7) is -0.0194. The average Bonchev–Trinajstić information content (AvgIpc) is 2.97. The highest BCUT2D eigenvalue weighted by Crippen LogP contribution is 2.23. The Hall–Kier alpha value is -4.23. The number of hydroxylamine groups is 2. The maximum Gasteiger partial charge on any atom is 0.260 e. The van der Waals surface area contributed by atoms with Crippen LogP contribution in [-0.2, 0) is 21.2 Å². The quantitative estimate of drug-likeness (QED) is 0.179. The standard InChI is InChI=1S/C30H31FN4O6S/c1-20-12-13-22(31)17-28(20)42(40,41)35(19-29(37)34(2)39)18-27(36)26(16-21-8-4-3-5-9-21)33-30(38)24-14-15-32-25-11-7-6-10-23(24)25/h3-15,17,26-27,36,39H,16,18-19H2,1-2H3,(H,33,38). The van der Waals surface area contributed by atoms with Crippen molar-refractivity contribution in [2.75, 3.05) is 20.1 Å². The molecular weight excluding hydrogens is 563 g/mol. The number of benzene rings is 3. The van der Waals surface area contributed by atoms with Crippen molar-refractivity contribution in [2.24, 2.45) is 0 Å². The Labute approximate surface area is 243 Å². The number of nitrogens with zero attached hydrogens (tertiary/aromatic N) is 3. The number of likely N-dealkylation sites (N-methyl/N-ethyl adjacent to an activating group) is 1. The Morgan fingerprint density at radius 2 is 1.71 bits per heavy atom. The molecule has 4 rings (SSSR count). The molecule has 4 aromatic rings. The lowest BCUT2D eigenvalue weighted by molar-refractivity contribution is -0.159. The van der Waals surface area contributed by atoms with Crippen molar-refractivity contribution in [3.8, 4) is 0 Å². The number of amides is 2. The van der Waals surface area contributed by atoms with Crippen LogP contribution >= 0.6 is 0 Å². The fourth-order valence-electron chi connectivity index (χ4n) is 4.52. The number of aliphatic hydroxyl groups is 1. The zero-order valence-electron chi connectivity index (χ0n) is 23.0. The molecule has 0 aliphatic heterocycles. The minimum absolute atomic E-state index is 0.123. The number of rotatable bonds is 11. The lowest BCUT2D eigenvalue weighted by Crippen LogP contribution is -2.52. The fourth-order valence-corrected chi connectivity index (χ4v) is 6.16. The van der Waals surface area contributed by atoms with Crippen LogP contribution in [0.1, 0.15) is 21.5 Å². The first-order valence-electron chi connectivity index (χ1n) is 13.1. The number of aliphatic hydroxyl groups excluding tert-OH is 1. The van der Waals surface area contributed by atoms with Gasteiger partial charge in [-0.15, -0.1) is 0 Å². The molecule has 0 saturated heterocycles. The SMILES string of the molecule is Cc1ccc(F)cc1S(=O)(=O)N(CC(=O)N(C)O)CC(O)C(Cc1ccccc1)NC(=O)c1ccnc2ccccc12. The molecule has 2 amide bonds. The zero-order chi connectivity index (χ0) is 30.4. The zero-order valence-corrected chi connectivity index (χ0v) is 23.8. The van der Waals surface area contributed by atoms with E-state index in [1.807, 2.05) is 6.07 Å². The second-order valence-electron chi connectivity index (χ2n) is 9.84. The third-order valence-corrected chi connectivity index (χ3v) is 8.76. The molecule has 10 nitrogen and oxygen atoms in total. The average molecular weight is 595 g/mol. The molecule has 1 heterocycles. The first-order chi connectivity index (χ1) is 20.0. The molecule has 12 heteroatoms. The fraction of sp³-hybridized carbons (Fsp3) is 0.233. The number of pyridine rings is 1. The van der Waals surface area contributed by atoms with Gasteiger partial charge >= 0.3 is 0 Å². The second-order valence-corrected chi connectivity index (χ2v) is 11.7. The molecular formula is C30H31FN4O6S. The van der Waals surface area contributed by atoms with Crippen LogP contribution in [0.3, 0.4) is 0 Å². The molecule has 2 atom stereocenters. The van der Waals surface area contributed by atoms with Crippen molar-refractivity contribution < 1.29 is 32.7 Å². The van der Waals surface area contributed by atoms with E-state index in [0.29, 0.717) is 20.8 Å². The maximum absolute atomic E-state index is 14.1. The predicted molar refractivity (Wildman–Crippen MR) is 154 cm³/mol. The van der Waals surface area contributed by atoms with Gasteiger partial charge in [-0.3, -0.25) is 19.8 Å². The van der Waals surface area contributed by atoms with E-state index in [0.717, 1.165) is 24.7 Å². The number of aryl methyl sites for hydroxylation is 1. The van der Waals surface area contributed by atoms with Crippen molar-refractivity contribution in [3.05, 3.63) is 108 Å². The van der Waals surface area contributed by atoms with Crippen LogP contribution in [0.4, 0.5) is 4.39 Å². The number of aromatic nitrogens is 1. The van der Waals surface area contributed by atoms with E-state index in [2.05, 4.69) is 10.3 Å². The van der Waals surface area contributed by atoms with E-state index >= 15 is 0 Å². The number of carbonyl (C=O) groups is 2. The van der Waals surface area contributed by atoms with Crippen molar-refractivity contribution in [3.63, 3.8) is 0 Å². The van der Waals surface area contributed by atoms with E-state index in [1.54, 1.807) is 54.6 Å². The summed E-state index contributed by atoms with van der Waals surface area (Å²) in [5.74, 6) is -2.30. The van der Waals surface area contributed by atoms with Gasteiger partial charge in [-0.1, -0.05) is 54.6 Å². The van der Waals surface area contributed by atoms with Crippen LogP contribution in [-0.4, -0.2) is 77.2 Å². The highest BCUT2D eigenvalue weighted by atomic mass is 32.2. The van der Waals surface area contributed by atoms with Gasteiger partial charge in [-0.05, 0) is 48.7 Å². The van der Waals surface area contributed by atoms with Gasteiger partial charge in [-0.25, -0.2) is 17.9 Å². The lowest BCUT2D eigenvalue weighted by atomic mass is 10.00. The van der Waals surface area contributed by atoms with Gasteiger partial charge in [0, 0.05) is 25.2 Å². The summed E-state index contributed by atoms with van der Waals surface area (Å²) in [6.07, 6.45) is 0.0898. The van der Waals surface area contributed by atoms with Crippen molar-refractivity contribution in [1.82, 2.24) is 19.7 Å². The molecule has 220 valence electrons. The summed E-state index contributed by atoms with van der Waals surface area (Å²) in [5, 5.41) is 24.7. The molecule has 0 saturated carbocycles. The van der Waals surface area contributed by atoms with Gasteiger partial charge in [0.25, 0.3) is 11.8 Å². The van der Waals surface area contributed by atoms with Crippen LogP contribution in [0.2, 0.25) is 0 Å². The molecule has 2 unspecified atom stereocenters. The first kappa shape index (κ1) is 30.7. The second kappa shape index (κ2) is 13.2. The summed E-state index contributed by atoms with van der Waals surface area (Å²) in [4.78, 5) is 29.8. The molecule has 0 aliphatic carbocycles. The number of carbonyl (C=O) groups excluding carboxylic acids is 2. The van der Waals surface area contributed by atoms with Gasteiger partial charge in [-0.2, -0.15) is 4.31 Å². The number of nitrogens with one attached hydrogen (secondary N) is 1. The van der Waals surface area contributed by atoms with E-state index < -0.39 is 57.8 Å². The van der Waals surface area contributed by atoms with Crippen LogP contribution in [0.15, 0.2) is 90.0 Å². The summed E-state index contributed by atoms with van der Waals surface area (Å²) in [6, 6.07) is 19.8. The smallest absolute Gasteiger partial charge is 0.260 e. The van der Waals surface area contributed by atoms with Crippen LogP contribution < -0.4 is 5.32 Å². The number of sulfonamides is 1. The van der Waals surface area contributed by atoms with Gasteiger partial charge in [0.1, 0.15) is 5.82 Å². The van der Waals surface area contributed by atoms with Gasteiger partial charge in [0.2, 0.25) is 10.0 Å². The van der Waals surface area contributed by atoms with Gasteiger partial charge < -0.3 is 10.4 Å². The van der Waals surface area contributed by atoms with Gasteiger partial charge in [0.15, 0.2) is 0 Å². The van der Waals surface area contributed by atoms with Crippen molar-refractivity contribution >= 4 is 32.7 Å². The predicted octanol–water partition coefficient (Wildman–Crippen LogP) is 2.92. The van der Waals surface area contributed by atoms with E-state index in [1.165, 1.54) is 19.2 Å². The highest BCUT2D eigenvalue weighted by Gasteiger charge is 2.34. The Morgan fingerprint density at radius 3 is 2.43 bits per heavy atom. The van der Waals surface area contributed by atoms with Crippen LogP contribution in [0, 0.1) is 12.7 Å².